The molecule has 1 atom stereocenters. The molecule has 0 aliphatic carbocycles. The number of carbonyl (C=O) groups is 2. The molecule has 0 spiro atoms. The van der Waals surface area contributed by atoms with Crippen molar-refractivity contribution < 1.29 is 28.5 Å². The first kappa shape index (κ1) is 21.6. The molecular formula is C26H24N2O6. The number of amides is 3. The molecule has 2 heterocycles. The van der Waals surface area contributed by atoms with Crippen LogP contribution in [0.1, 0.15) is 11.1 Å². The number of benzene rings is 3. The van der Waals surface area contributed by atoms with Gasteiger partial charge in [-0.1, -0.05) is 36.4 Å². The van der Waals surface area contributed by atoms with Crippen molar-refractivity contribution in [3.05, 3.63) is 83.9 Å². The van der Waals surface area contributed by atoms with Gasteiger partial charge >= 0.3 is 6.03 Å². The molecule has 5 rings (SSSR count). The van der Waals surface area contributed by atoms with Crippen molar-refractivity contribution in [3.8, 4) is 23.0 Å². The van der Waals surface area contributed by atoms with Crippen LogP contribution in [0.3, 0.4) is 0 Å². The summed E-state index contributed by atoms with van der Waals surface area (Å²) in [6, 6.07) is 21.0. The largest absolute Gasteiger partial charge is 0.497 e. The SMILES string of the molecule is COc1ccc(C2(c3ccc(OC)cc3)NC(=O)N(C[C@@H]3COc4ccccc4O3)C2=O)cc1. The number of nitrogens with zero attached hydrogens (tertiary/aromatic N) is 1. The molecule has 0 bridgehead atoms. The fraction of sp³-hybridized carbons (Fsp3) is 0.231. The van der Waals surface area contributed by atoms with E-state index in [4.69, 9.17) is 18.9 Å². The van der Waals surface area contributed by atoms with E-state index in [1.807, 2.05) is 18.2 Å². The number of carbonyl (C=O) groups excluding carboxylic acids is 2. The van der Waals surface area contributed by atoms with Gasteiger partial charge in [-0.15, -0.1) is 0 Å². The average Bonchev–Trinajstić information content (AvgIpc) is 3.14. The third kappa shape index (κ3) is 3.57. The summed E-state index contributed by atoms with van der Waals surface area (Å²) in [6.07, 6.45) is -0.493. The number of para-hydroxylation sites is 2. The fourth-order valence-electron chi connectivity index (χ4n) is 4.34. The maximum absolute atomic E-state index is 14.0. The highest BCUT2D eigenvalue weighted by Crippen LogP contribution is 2.38. The summed E-state index contributed by atoms with van der Waals surface area (Å²) in [6.45, 7) is 0.277. The summed E-state index contributed by atoms with van der Waals surface area (Å²) in [4.78, 5) is 28.3. The van der Waals surface area contributed by atoms with E-state index in [2.05, 4.69) is 5.32 Å². The maximum Gasteiger partial charge on any atom is 0.325 e. The Morgan fingerprint density at radius 3 is 2.00 bits per heavy atom. The van der Waals surface area contributed by atoms with Gasteiger partial charge in [0, 0.05) is 0 Å². The van der Waals surface area contributed by atoms with Crippen LogP contribution < -0.4 is 24.3 Å². The Balaban J connectivity index is 1.49. The van der Waals surface area contributed by atoms with Crippen LogP contribution in [0.2, 0.25) is 0 Å². The minimum absolute atomic E-state index is 0.0487. The van der Waals surface area contributed by atoms with Gasteiger partial charge in [0.2, 0.25) is 0 Å². The number of hydrogen-bond acceptors (Lipinski definition) is 6. The van der Waals surface area contributed by atoms with Gasteiger partial charge in [-0.25, -0.2) is 4.79 Å². The summed E-state index contributed by atoms with van der Waals surface area (Å²) in [5, 5.41) is 2.94. The molecule has 1 fully saturated rings. The predicted octanol–water partition coefficient (Wildman–Crippen LogP) is 3.34. The van der Waals surface area contributed by atoms with Gasteiger partial charge in [0.15, 0.2) is 23.1 Å². The lowest BCUT2D eigenvalue weighted by atomic mass is 9.82. The minimum atomic E-state index is -1.40. The molecule has 174 valence electrons. The fourth-order valence-corrected chi connectivity index (χ4v) is 4.34. The van der Waals surface area contributed by atoms with E-state index in [1.165, 1.54) is 4.90 Å². The molecule has 2 aliphatic rings. The molecule has 2 aliphatic heterocycles. The van der Waals surface area contributed by atoms with Crippen molar-refractivity contribution in [2.24, 2.45) is 0 Å². The van der Waals surface area contributed by atoms with Crippen LogP contribution in [0, 0.1) is 0 Å². The number of imide groups is 1. The van der Waals surface area contributed by atoms with Crippen LogP contribution in [0.4, 0.5) is 4.79 Å². The van der Waals surface area contributed by atoms with Crippen molar-refractivity contribution in [1.82, 2.24) is 10.2 Å². The zero-order valence-corrected chi connectivity index (χ0v) is 18.8. The Kier molecular flexibility index (Phi) is 5.49. The van der Waals surface area contributed by atoms with Gasteiger partial charge in [0.1, 0.15) is 18.1 Å². The van der Waals surface area contributed by atoms with E-state index in [9.17, 15) is 9.59 Å². The quantitative estimate of drug-likeness (QED) is 0.568. The maximum atomic E-state index is 14.0. The first-order valence-electron chi connectivity index (χ1n) is 10.9. The molecule has 1 saturated heterocycles. The van der Waals surface area contributed by atoms with Crippen LogP contribution in [-0.4, -0.2) is 50.3 Å². The Morgan fingerprint density at radius 1 is 0.882 bits per heavy atom. The van der Waals surface area contributed by atoms with Crippen molar-refractivity contribution >= 4 is 11.9 Å². The molecule has 3 aromatic carbocycles. The average molecular weight is 460 g/mol. The molecule has 0 unspecified atom stereocenters. The van der Waals surface area contributed by atoms with Crippen LogP contribution in [0.15, 0.2) is 72.8 Å². The van der Waals surface area contributed by atoms with Crippen molar-refractivity contribution in [1.29, 1.82) is 0 Å². The summed E-state index contributed by atoms with van der Waals surface area (Å²) >= 11 is 0. The topological polar surface area (TPSA) is 86.3 Å². The number of fused-ring (bicyclic) bond motifs is 1. The van der Waals surface area contributed by atoms with Crippen LogP contribution in [0.25, 0.3) is 0 Å². The standard InChI is InChI=1S/C26H24N2O6/c1-31-19-11-7-17(8-12-19)26(18-9-13-20(32-2)14-10-18)24(29)28(25(30)27-26)15-21-16-33-22-5-3-4-6-23(22)34-21/h3-14,21H,15-16H2,1-2H3,(H,27,30)/t21-/m1/s1. The van der Waals surface area contributed by atoms with Crippen molar-refractivity contribution in [3.63, 3.8) is 0 Å². The lowest BCUT2D eigenvalue weighted by molar-refractivity contribution is -0.131. The number of hydrogen-bond donors (Lipinski definition) is 1. The molecule has 8 nitrogen and oxygen atoms in total. The summed E-state index contributed by atoms with van der Waals surface area (Å²) in [7, 11) is 3.14. The first-order valence-corrected chi connectivity index (χ1v) is 10.9. The minimum Gasteiger partial charge on any atom is -0.497 e. The Labute approximate surface area is 197 Å². The van der Waals surface area contributed by atoms with E-state index < -0.39 is 23.6 Å². The highest BCUT2D eigenvalue weighted by molar-refractivity contribution is 6.09. The second-order valence-electron chi connectivity index (χ2n) is 8.05. The smallest absolute Gasteiger partial charge is 0.325 e. The van der Waals surface area contributed by atoms with E-state index in [0.717, 1.165) is 0 Å². The second-order valence-corrected chi connectivity index (χ2v) is 8.05. The number of rotatable bonds is 6. The van der Waals surface area contributed by atoms with Crippen LogP contribution in [0.5, 0.6) is 23.0 Å². The molecule has 1 N–H and O–H groups in total. The Bertz CT molecular complexity index is 1160. The monoisotopic (exact) mass is 460 g/mol. The van der Waals surface area contributed by atoms with Gasteiger partial charge in [-0.05, 0) is 47.5 Å². The summed E-state index contributed by atoms with van der Waals surface area (Å²) in [5.74, 6) is 2.13. The van der Waals surface area contributed by atoms with Crippen LogP contribution >= 0.6 is 0 Å². The van der Waals surface area contributed by atoms with Gasteiger partial charge in [-0.3, -0.25) is 9.69 Å². The van der Waals surface area contributed by atoms with Gasteiger partial charge in [0.05, 0.1) is 20.8 Å². The summed E-state index contributed by atoms with van der Waals surface area (Å²) in [5.41, 5.74) is -0.167. The van der Waals surface area contributed by atoms with Crippen molar-refractivity contribution in [2.45, 2.75) is 11.6 Å². The molecular weight excluding hydrogens is 436 g/mol. The molecule has 0 saturated carbocycles. The zero-order valence-electron chi connectivity index (χ0n) is 18.8. The van der Waals surface area contributed by atoms with E-state index >= 15 is 0 Å². The van der Waals surface area contributed by atoms with E-state index in [-0.39, 0.29) is 13.2 Å². The van der Waals surface area contributed by atoms with Gasteiger partial charge < -0.3 is 24.3 Å². The third-order valence-electron chi connectivity index (χ3n) is 6.11. The molecule has 0 aromatic heterocycles. The molecule has 0 radical (unpaired) electrons. The Hall–Kier alpha value is -4.20. The first-order chi connectivity index (χ1) is 16.5. The highest BCUT2D eigenvalue weighted by Gasteiger charge is 2.54. The lowest BCUT2D eigenvalue weighted by Crippen LogP contribution is -2.47. The highest BCUT2D eigenvalue weighted by atomic mass is 16.6. The van der Waals surface area contributed by atoms with E-state index in [0.29, 0.717) is 34.1 Å². The third-order valence-corrected chi connectivity index (χ3v) is 6.11. The normalized spacial score (nSPS) is 18.4. The van der Waals surface area contributed by atoms with Crippen LogP contribution in [-0.2, 0) is 10.3 Å². The molecule has 8 heteroatoms. The Morgan fingerprint density at radius 2 is 1.44 bits per heavy atom. The number of urea groups is 1. The molecule has 3 amide bonds. The summed E-state index contributed by atoms with van der Waals surface area (Å²) < 4.78 is 22.3. The van der Waals surface area contributed by atoms with E-state index in [1.54, 1.807) is 68.8 Å². The second kappa shape index (κ2) is 8.62. The number of ether oxygens (including phenoxy) is 4. The number of methoxy groups -OCH3 is 2. The number of nitrogens with one attached hydrogen (secondary N) is 1. The zero-order chi connectivity index (χ0) is 23.7. The lowest BCUT2D eigenvalue weighted by Gasteiger charge is -2.30. The molecule has 34 heavy (non-hydrogen) atoms. The molecule has 3 aromatic rings. The van der Waals surface area contributed by atoms with Gasteiger partial charge in [0.25, 0.3) is 5.91 Å². The van der Waals surface area contributed by atoms with Gasteiger partial charge in [-0.2, -0.15) is 0 Å². The van der Waals surface area contributed by atoms with Crippen molar-refractivity contribution in [2.75, 3.05) is 27.4 Å². The predicted molar refractivity (Wildman–Crippen MR) is 123 cm³/mol.